The lowest BCUT2D eigenvalue weighted by atomic mass is 10.2. The van der Waals surface area contributed by atoms with E-state index in [2.05, 4.69) is 0 Å². The summed E-state index contributed by atoms with van der Waals surface area (Å²) in [4.78, 5) is 14.9. The first kappa shape index (κ1) is 18.2. The van der Waals surface area contributed by atoms with Crippen molar-refractivity contribution in [2.45, 2.75) is 36.4 Å². The SMILES string of the molecule is CC(c1ccco1)N(C)C(=O)Cc1ccc(S(=O)(=O)N2CCCC2)s1. The molecular formula is C17H22N2O4S2. The fourth-order valence-corrected chi connectivity index (χ4v) is 5.88. The molecular weight excluding hydrogens is 360 g/mol. The zero-order valence-corrected chi connectivity index (χ0v) is 16.0. The van der Waals surface area contributed by atoms with Crippen LogP contribution < -0.4 is 0 Å². The van der Waals surface area contributed by atoms with E-state index in [1.54, 1.807) is 36.4 Å². The molecule has 1 aliphatic rings. The number of carbonyl (C=O) groups excluding carboxylic acids is 1. The average molecular weight is 383 g/mol. The van der Waals surface area contributed by atoms with Crippen LogP contribution >= 0.6 is 11.3 Å². The monoisotopic (exact) mass is 382 g/mol. The lowest BCUT2D eigenvalue weighted by Crippen LogP contribution is -2.30. The number of amides is 1. The van der Waals surface area contributed by atoms with Crippen LogP contribution in [0, 0.1) is 0 Å². The first-order valence-electron chi connectivity index (χ1n) is 8.27. The van der Waals surface area contributed by atoms with Crippen molar-refractivity contribution in [3.05, 3.63) is 41.2 Å². The van der Waals surface area contributed by atoms with Crippen molar-refractivity contribution in [3.63, 3.8) is 0 Å². The second kappa shape index (κ2) is 7.31. The number of nitrogens with zero attached hydrogens (tertiary/aromatic N) is 2. The highest BCUT2D eigenvalue weighted by molar-refractivity contribution is 7.91. The maximum atomic E-state index is 12.6. The highest BCUT2D eigenvalue weighted by atomic mass is 32.2. The molecule has 3 rings (SSSR count). The van der Waals surface area contributed by atoms with Crippen molar-refractivity contribution in [1.29, 1.82) is 0 Å². The Morgan fingerprint density at radius 2 is 2.04 bits per heavy atom. The van der Waals surface area contributed by atoms with Gasteiger partial charge in [-0.2, -0.15) is 4.31 Å². The molecule has 0 aliphatic carbocycles. The number of thiophene rings is 1. The molecule has 1 atom stereocenters. The molecule has 0 bridgehead atoms. The molecule has 1 fully saturated rings. The van der Waals surface area contributed by atoms with Gasteiger partial charge in [0.25, 0.3) is 10.0 Å². The van der Waals surface area contributed by atoms with Crippen LogP contribution in [0.15, 0.2) is 39.2 Å². The minimum atomic E-state index is -3.41. The average Bonchev–Trinajstić information content (AvgIpc) is 3.34. The quantitative estimate of drug-likeness (QED) is 0.770. The van der Waals surface area contributed by atoms with Crippen molar-refractivity contribution in [3.8, 4) is 0 Å². The summed E-state index contributed by atoms with van der Waals surface area (Å²) in [5, 5.41) is 0. The molecule has 1 saturated heterocycles. The van der Waals surface area contributed by atoms with E-state index in [0.717, 1.165) is 23.5 Å². The number of rotatable bonds is 6. The van der Waals surface area contributed by atoms with E-state index in [4.69, 9.17) is 4.42 Å². The molecule has 2 aromatic rings. The maximum absolute atomic E-state index is 12.6. The van der Waals surface area contributed by atoms with E-state index in [1.807, 2.05) is 13.0 Å². The summed E-state index contributed by atoms with van der Waals surface area (Å²) in [6, 6.07) is 6.79. The maximum Gasteiger partial charge on any atom is 0.252 e. The van der Waals surface area contributed by atoms with Crippen LogP contribution in [-0.4, -0.2) is 43.7 Å². The number of sulfonamides is 1. The van der Waals surface area contributed by atoms with Crippen LogP contribution in [-0.2, 0) is 21.2 Å². The summed E-state index contributed by atoms with van der Waals surface area (Å²) in [7, 11) is -1.69. The van der Waals surface area contributed by atoms with Gasteiger partial charge >= 0.3 is 0 Å². The summed E-state index contributed by atoms with van der Waals surface area (Å²) < 4.78 is 32.3. The van der Waals surface area contributed by atoms with Crippen molar-refractivity contribution in [2.75, 3.05) is 20.1 Å². The molecule has 3 heterocycles. The van der Waals surface area contributed by atoms with Gasteiger partial charge in [0.15, 0.2) is 0 Å². The van der Waals surface area contributed by atoms with Gasteiger partial charge < -0.3 is 9.32 Å². The third kappa shape index (κ3) is 3.80. The fourth-order valence-electron chi connectivity index (χ4n) is 2.86. The van der Waals surface area contributed by atoms with E-state index < -0.39 is 10.0 Å². The Hall–Kier alpha value is -1.64. The summed E-state index contributed by atoms with van der Waals surface area (Å²) in [5.41, 5.74) is 0. The number of hydrogen-bond acceptors (Lipinski definition) is 5. The third-order valence-corrected chi connectivity index (χ3v) is 8.00. The molecule has 0 aromatic carbocycles. The summed E-state index contributed by atoms with van der Waals surface area (Å²) in [5.74, 6) is 0.648. The topological polar surface area (TPSA) is 70.8 Å². The number of likely N-dealkylation sites (N-methyl/N-ethyl adjacent to an activating group) is 1. The predicted molar refractivity (Wildman–Crippen MR) is 95.9 cm³/mol. The van der Waals surface area contributed by atoms with Gasteiger partial charge in [0, 0.05) is 25.0 Å². The first-order valence-corrected chi connectivity index (χ1v) is 10.5. The lowest BCUT2D eigenvalue weighted by molar-refractivity contribution is -0.131. The van der Waals surface area contributed by atoms with Crippen molar-refractivity contribution in [1.82, 2.24) is 9.21 Å². The van der Waals surface area contributed by atoms with Crippen molar-refractivity contribution >= 4 is 27.3 Å². The Kier molecular flexibility index (Phi) is 5.31. The number of carbonyl (C=O) groups is 1. The van der Waals surface area contributed by atoms with Gasteiger partial charge in [-0.05, 0) is 44.0 Å². The smallest absolute Gasteiger partial charge is 0.252 e. The standard InChI is InChI=1S/C17H22N2O4S2/c1-13(15-6-5-11-23-15)18(2)16(20)12-14-7-8-17(24-14)25(21,22)19-9-3-4-10-19/h5-8,11,13H,3-4,9-10,12H2,1-2H3. The minimum absolute atomic E-state index is 0.0733. The van der Waals surface area contributed by atoms with E-state index in [1.165, 1.54) is 15.6 Å². The van der Waals surface area contributed by atoms with Crippen LogP contribution in [0.4, 0.5) is 0 Å². The minimum Gasteiger partial charge on any atom is -0.467 e. The Bertz CT molecular complexity index is 821. The second-order valence-corrected chi connectivity index (χ2v) is 9.54. The zero-order valence-electron chi connectivity index (χ0n) is 14.3. The van der Waals surface area contributed by atoms with Crippen LogP contribution in [0.25, 0.3) is 0 Å². The number of furan rings is 1. The van der Waals surface area contributed by atoms with Crippen LogP contribution in [0.1, 0.15) is 36.4 Å². The van der Waals surface area contributed by atoms with Gasteiger partial charge in [-0.15, -0.1) is 11.3 Å². The van der Waals surface area contributed by atoms with Crippen LogP contribution in [0.3, 0.4) is 0 Å². The third-order valence-electron chi connectivity index (χ3n) is 4.55. The van der Waals surface area contributed by atoms with Crippen LogP contribution in [0.2, 0.25) is 0 Å². The zero-order chi connectivity index (χ0) is 18.0. The molecule has 6 nitrogen and oxygen atoms in total. The summed E-state index contributed by atoms with van der Waals surface area (Å²) in [6.07, 6.45) is 3.58. The first-order chi connectivity index (χ1) is 11.9. The fraction of sp³-hybridized carbons (Fsp3) is 0.471. The highest BCUT2D eigenvalue weighted by Gasteiger charge is 2.29. The molecule has 0 N–H and O–H groups in total. The molecule has 0 radical (unpaired) electrons. The van der Waals surface area contributed by atoms with Gasteiger partial charge in [-0.25, -0.2) is 8.42 Å². The van der Waals surface area contributed by atoms with E-state index in [0.29, 0.717) is 17.3 Å². The largest absolute Gasteiger partial charge is 0.467 e. The summed E-state index contributed by atoms with van der Waals surface area (Å²) in [6.45, 7) is 3.06. The predicted octanol–water partition coefficient (Wildman–Crippen LogP) is 2.89. The van der Waals surface area contributed by atoms with Gasteiger partial charge in [0.2, 0.25) is 5.91 Å². The van der Waals surface area contributed by atoms with E-state index >= 15 is 0 Å². The van der Waals surface area contributed by atoms with Crippen LogP contribution in [0.5, 0.6) is 0 Å². The molecule has 1 amide bonds. The highest BCUT2D eigenvalue weighted by Crippen LogP contribution is 2.28. The van der Waals surface area contributed by atoms with Gasteiger partial charge in [0.05, 0.1) is 18.7 Å². The molecule has 136 valence electrons. The molecule has 1 unspecified atom stereocenters. The van der Waals surface area contributed by atoms with Gasteiger partial charge in [-0.3, -0.25) is 4.79 Å². The second-order valence-electron chi connectivity index (χ2n) is 6.20. The Balaban J connectivity index is 1.67. The molecule has 8 heteroatoms. The van der Waals surface area contributed by atoms with Gasteiger partial charge in [-0.1, -0.05) is 0 Å². The Morgan fingerprint density at radius 3 is 2.68 bits per heavy atom. The summed E-state index contributed by atoms with van der Waals surface area (Å²) >= 11 is 1.18. The normalized spacial score (nSPS) is 16.9. The van der Waals surface area contributed by atoms with Gasteiger partial charge in [0.1, 0.15) is 9.97 Å². The van der Waals surface area contributed by atoms with E-state index in [-0.39, 0.29) is 18.4 Å². The van der Waals surface area contributed by atoms with E-state index in [9.17, 15) is 13.2 Å². The molecule has 0 saturated carbocycles. The van der Waals surface area contributed by atoms with Crippen molar-refractivity contribution in [2.24, 2.45) is 0 Å². The Morgan fingerprint density at radius 1 is 1.32 bits per heavy atom. The Labute approximate surface area is 152 Å². The lowest BCUT2D eigenvalue weighted by Gasteiger charge is -2.23. The molecule has 25 heavy (non-hydrogen) atoms. The number of hydrogen-bond donors (Lipinski definition) is 0. The molecule has 1 aliphatic heterocycles. The molecule has 0 spiro atoms. The van der Waals surface area contributed by atoms with Crippen molar-refractivity contribution < 1.29 is 17.6 Å². The molecule has 2 aromatic heterocycles.